The largest absolute Gasteiger partial charge is 0.478 e. The van der Waals surface area contributed by atoms with Crippen LogP contribution in [0.2, 0.25) is 0 Å². The molecule has 70 valence electrons. The van der Waals surface area contributed by atoms with E-state index in [0.717, 1.165) is 11.4 Å². The Morgan fingerprint density at radius 3 is 2.71 bits per heavy atom. The van der Waals surface area contributed by atoms with Crippen LogP contribution in [0.5, 0.6) is 0 Å². The first-order valence-electron chi connectivity index (χ1n) is 4.10. The lowest BCUT2D eigenvalue weighted by Crippen LogP contribution is -1.96. The molecule has 0 bridgehead atoms. The van der Waals surface area contributed by atoms with Crippen molar-refractivity contribution in [3.63, 3.8) is 0 Å². The second-order valence-electron chi connectivity index (χ2n) is 2.82. The first-order valence-corrected chi connectivity index (χ1v) is 4.10. The Bertz CT molecular complexity index is 432. The molecule has 0 aliphatic heterocycles. The van der Waals surface area contributed by atoms with E-state index in [2.05, 4.69) is 9.97 Å². The van der Waals surface area contributed by atoms with E-state index in [4.69, 9.17) is 5.11 Å². The maximum absolute atomic E-state index is 10.6. The van der Waals surface area contributed by atoms with Crippen LogP contribution in [-0.2, 0) is 0 Å². The molecule has 2 aromatic heterocycles. The lowest BCUT2D eigenvalue weighted by atomic mass is 10.2. The third-order valence-corrected chi connectivity index (χ3v) is 1.88. The van der Waals surface area contributed by atoms with Crippen molar-refractivity contribution in [2.75, 3.05) is 0 Å². The van der Waals surface area contributed by atoms with Crippen LogP contribution < -0.4 is 0 Å². The van der Waals surface area contributed by atoms with Gasteiger partial charge in [0.05, 0.1) is 17.0 Å². The van der Waals surface area contributed by atoms with Crippen molar-refractivity contribution in [1.82, 2.24) is 9.97 Å². The maximum Gasteiger partial charge on any atom is 0.337 e. The standard InChI is InChI=1S/C10H8N2O2/c13-10(14)7-3-4-9(12-6-7)8-2-1-5-11-8/h1-6,11H,(H,13,14). The van der Waals surface area contributed by atoms with Crippen molar-refractivity contribution >= 4 is 5.97 Å². The van der Waals surface area contributed by atoms with Crippen LogP contribution >= 0.6 is 0 Å². The molecule has 0 unspecified atom stereocenters. The van der Waals surface area contributed by atoms with Crippen LogP contribution in [0, 0.1) is 0 Å². The SMILES string of the molecule is O=C(O)c1ccc(-c2ccc[nH]2)nc1. The lowest BCUT2D eigenvalue weighted by Gasteiger charge is -1.97. The summed E-state index contributed by atoms with van der Waals surface area (Å²) >= 11 is 0. The van der Waals surface area contributed by atoms with Gasteiger partial charge in [-0.2, -0.15) is 0 Å². The fourth-order valence-electron chi connectivity index (χ4n) is 1.17. The smallest absolute Gasteiger partial charge is 0.337 e. The van der Waals surface area contributed by atoms with E-state index in [1.54, 1.807) is 12.3 Å². The van der Waals surface area contributed by atoms with Gasteiger partial charge in [-0.1, -0.05) is 0 Å². The van der Waals surface area contributed by atoms with Crippen molar-refractivity contribution in [1.29, 1.82) is 0 Å². The van der Waals surface area contributed by atoms with E-state index < -0.39 is 5.97 Å². The summed E-state index contributed by atoms with van der Waals surface area (Å²) in [7, 11) is 0. The number of nitrogens with zero attached hydrogens (tertiary/aromatic N) is 1. The van der Waals surface area contributed by atoms with Crippen LogP contribution in [-0.4, -0.2) is 21.0 Å². The summed E-state index contributed by atoms with van der Waals surface area (Å²) in [6.45, 7) is 0. The molecule has 0 amide bonds. The summed E-state index contributed by atoms with van der Waals surface area (Å²) in [5, 5.41) is 8.66. The Morgan fingerprint density at radius 2 is 2.21 bits per heavy atom. The highest BCUT2D eigenvalue weighted by Gasteiger charge is 2.04. The van der Waals surface area contributed by atoms with Gasteiger partial charge in [0.1, 0.15) is 0 Å². The van der Waals surface area contributed by atoms with Crippen LogP contribution in [0.25, 0.3) is 11.4 Å². The molecule has 2 rings (SSSR count). The highest BCUT2D eigenvalue weighted by molar-refractivity contribution is 5.87. The highest BCUT2D eigenvalue weighted by Crippen LogP contribution is 2.13. The summed E-state index contributed by atoms with van der Waals surface area (Å²) in [4.78, 5) is 17.6. The Kier molecular flexibility index (Phi) is 2.02. The van der Waals surface area contributed by atoms with Gasteiger partial charge in [-0.05, 0) is 24.3 Å². The summed E-state index contributed by atoms with van der Waals surface area (Å²) in [6.07, 6.45) is 3.14. The van der Waals surface area contributed by atoms with Gasteiger partial charge >= 0.3 is 5.97 Å². The number of aromatic nitrogens is 2. The summed E-state index contributed by atoms with van der Waals surface area (Å²) in [5.41, 5.74) is 1.81. The molecule has 2 heterocycles. The maximum atomic E-state index is 10.6. The molecule has 2 N–H and O–H groups in total. The second-order valence-corrected chi connectivity index (χ2v) is 2.82. The number of hydrogen-bond donors (Lipinski definition) is 2. The van der Waals surface area contributed by atoms with Crippen LogP contribution in [0.1, 0.15) is 10.4 Å². The Labute approximate surface area is 80.2 Å². The molecular formula is C10H8N2O2. The van der Waals surface area contributed by atoms with Gasteiger partial charge in [0, 0.05) is 12.4 Å². The fourth-order valence-corrected chi connectivity index (χ4v) is 1.17. The number of H-pyrrole nitrogens is 1. The molecule has 0 radical (unpaired) electrons. The van der Waals surface area contributed by atoms with E-state index in [1.165, 1.54) is 12.3 Å². The number of nitrogens with one attached hydrogen (secondary N) is 1. The molecule has 0 fully saturated rings. The molecule has 2 aromatic rings. The van der Waals surface area contributed by atoms with E-state index in [-0.39, 0.29) is 5.56 Å². The van der Waals surface area contributed by atoms with Crippen LogP contribution in [0.15, 0.2) is 36.7 Å². The summed E-state index contributed by atoms with van der Waals surface area (Å²) in [6, 6.07) is 6.95. The Morgan fingerprint density at radius 1 is 1.36 bits per heavy atom. The van der Waals surface area contributed by atoms with E-state index in [9.17, 15) is 4.79 Å². The average molecular weight is 188 g/mol. The molecule has 0 spiro atoms. The molecule has 14 heavy (non-hydrogen) atoms. The van der Waals surface area contributed by atoms with Crippen molar-refractivity contribution in [2.24, 2.45) is 0 Å². The topological polar surface area (TPSA) is 66.0 Å². The van der Waals surface area contributed by atoms with Gasteiger partial charge in [0.2, 0.25) is 0 Å². The summed E-state index contributed by atoms with van der Waals surface area (Å²) in [5.74, 6) is -0.962. The zero-order chi connectivity index (χ0) is 9.97. The number of hydrogen-bond acceptors (Lipinski definition) is 2. The molecule has 0 aliphatic carbocycles. The van der Waals surface area contributed by atoms with Crippen molar-refractivity contribution in [3.05, 3.63) is 42.2 Å². The van der Waals surface area contributed by atoms with Gasteiger partial charge in [0.25, 0.3) is 0 Å². The van der Waals surface area contributed by atoms with Gasteiger partial charge in [-0.3, -0.25) is 4.98 Å². The first-order chi connectivity index (χ1) is 6.77. The van der Waals surface area contributed by atoms with Crippen molar-refractivity contribution in [2.45, 2.75) is 0 Å². The van der Waals surface area contributed by atoms with E-state index >= 15 is 0 Å². The minimum Gasteiger partial charge on any atom is -0.478 e. The number of pyridine rings is 1. The molecule has 4 heteroatoms. The van der Waals surface area contributed by atoms with Gasteiger partial charge in [-0.15, -0.1) is 0 Å². The Hall–Kier alpha value is -2.10. The first kappa shape index (κ1) is 8.50. The number of carbonyl (C=O) groups is 1. The molecule has 0 aliphatic rings. The van der Waals surface area contributed by atoms with Crippen molar-refractivity contribution < 1.29 is 9.90 Å². The van der Waals surface area contributed by atoms with E-state index in [1.807, 2.05) is 12.1 Å². The normalized spacial score (nSPS) is 10.0. The Balaban J connectivity index is 2.36. The summed E-state index contributed by atoms with van der Waals surface area (Å²) < 4.78 is 0. The lowest BCUT2D eigenvalue weighted by molar-refractivity contribution is 0.0696. The van der Waals surface area contributed by atoms with Crippen molar-refractivity contribution in [3.8, 4) is 11.4 Å². The second kappa shape index (κ2) is 3.33. The van der Waals surface area contributed by atoms with Crippen LogP contribution in [0.4, 0.5) is 0 Å². The molecule has 0 saturated carbocycles. The van der Waals surface area contributed by atoms with Crippen LogP contribution in [0.3, 0.4) is 0 Å². The third-order valence-electron chi connectivity index (χ3n) is 1.88. The number of carboxylic acids is 1. The minimum atomic E-state index is -0.962. The average Bonchev–Trinajstić information content (AvgIpc) is 2.71. The zero-order valence-electron chi connectivity index (χ0n) is 7.27. The molecule has 0 atom stereocenters. The third kappa shape index (κ3) is 1.50. The number of aromatic carboxylic acids is 1. The minimum absolute atomic E-state index is 0.195. The van der Waals surface area contributed by atoms with Gasteiger partial charge < -0.3 is 10.1 Å². The molecular weight excluding hydrogens is 180 g/mol. The highest BCUT2D eigenvalue weighted by atomic mass is 16.4. The molecule has 4 nitrogen and oxygen atoms in total. The number of rotatable bonds is 2. The fraction of sp³-hybridized carbons (Fsp3) is 0. The van der Waals surface area contributed by atoms with Gasteiger partial charge in [0.15, 0.2) is 0 Å². The van der Waals surface area contributed by atoms with Gasteiger partial charge in [-0.25, -0.2) is 4.79 Å². The van der Waals surface area contributed by atoms with E-state index in [0.29, 0.717) is 0 Å². The molecule has 0 aromatic carbocycles. The predicted octanol–water partition coefficient (Wildman–Crippen LogP) is 1.77. The number of carboxylic acid groups (broad SMARTS) is 1. The quantitative estimate of drug-likeness (QED) is 0.754. The monoisotopic (exact) mass is 188 g/mol. The zero-order valence-corrected chi connectivity index (χ0v) is 7.27. The number of aromatic amines is 1. The predicted molar refractivity (Wildman–Crippen MR) is 51.0 cm³/mol. The molecule has 0 saturated heterocycles.